The summed E-state index contributed by atoms with van der Waals surface area (Å²) in [7, 11) is 0. The maximum absolute atomic E-state index is 12.1. The Morgan fingerprint density at radius 1 is 0.500 bits per heavy atom. The average molecular weight is 623 g/mol. The van der Waals surface area contributed by atoms with Crippen LogP contribution in [0.25, 0.3) is 0 Å². The van der Waals surface area contributed by atoms with Crippen LogP contribution >= 0.6 is 0 Å². The number of carbonyl (C=O) groups excluding carboxylic acids is 2. The lowest BCUT2D eigenvalue weighted by Crippen LogP contribution is -2.28. The van der Waals surface area contributed by atoms with Crippen LogP contribution in [0.15, 0.2) is 12.2 Å². The summed E-state index contributed by atoms with van der Waals surface area (Å²) in [5.41, 5.74) is 0. The van der Waals surface area contributed by atoms with Crippen molar-refractivity contribution >= 4 is 11.9 Å². The molecule has 0 fully saturated rings. The van der Waals surface area contributed by atoms with E-state index in [1.54, 1.807) is 0 Å². The molecule has 0 unspecified atom stereocenters. The third kappa shape index (κ3) is 33.5. The van der Waals surface area contributed by atoms with Crippen LogP contribution in [0, 0.1) is 0 Å². The van der Waals surface area contributed by atoms with Gasteiger partial charge in [0.15, 0.2) is 6.10 Å². The van der Waals surface area contributed by atoms with E-state index in [-0.39, 0.29) is 25.2 Å². The van der Waals surface area contributed by atoms with Crippen molar-refractivity contribution in [2.75, 3.05) is 13.2 Å². The number of allylic oxidation sites excluding steroid dienone is 2. The summed E-state index contributed by atoms with van der Waals surface area (Å²) < 4.78 is 10.6. The van der Waals surface area contributed by atoms with Crippen LogP contribution in [0.4, 0.5) is 0 Å². The van der Waals surface area contributed by atoms with Crippen LogP contribution in [0.5, 0.6) is 0 Å². The number of hydrogen-bond acceptors (Lipinski definition) is 5. The molecule has 0 aliphatic heterocycles. The largest absolute Gasteiger partial charge is 0.462 e. The van der Waals surface area contributed by atoms with E-state index >= 15 is 0 Å². The molecular weight excluding hydrogens is 548 g/mol. The number of ether oxygens (including phenoxy) is 2. The van der Waals surface area contributed by atoms with Crippen LogP contribution in [0.3, 0.4) is 0 Å². The Labute approximate surface area is 273 Å². The van der Waals surface area contributed by atoms with Gasteiger partial charge >= 0.3 is 11.9 Å². The monoisotopic (exact) mass is 623 g/mol. The van der Waals surface area contributed by atoms with Gasteiger partial charge in [-0.1, -0.05) is 167 Å². The normalized spacial score (nSPS) is 12.2. The van der Waals surface area contributed by atoms with Gasteiger partial charge in [-0.2, -0.15) is 0 Å². The maximum atomic E-state index is 12.1. The van der Waals surface area contributed by atoms with E-state index in [2.05, 4.69) is 26.0 Å². The highest BCUT2D eigenvalue weighted by molar-refractivity contribution is 5.70. The lowest BCUT2D eigenvalue weighted by molar-refractivity contribution is -0.161. The van der Waals surface area contributed by atoms with E-state index in [1.807, 2.05) is 0 Å². The average Bonchev–Trinajstić information content (AvgIpc) is 3.02. The molecule has 44 heavy (non-hydrogen) atoms. The molecule has 0 aromatic carbocycles. The van der Waals surface area contributed by atoms with Gasteiger partial charge in [0.2, 0.25) is 0 Å². The van der Waals surface area contributed by atoms with Crippen LogP contribution < -0.4 is 0 Å². The van der Waals surface area contributed by atoms with Gasteiger partial charge in [-0.05, 0) is 38.5 Å². The first-order valence-corrected chi connectivity index (χ1v) is 19.2. The lowest BCUT2D eigenvalue weighted by Gasteiger charge is -2.15. The zero-order chi connectivity index (χ0) is 32.2. The van der Waals surface area contributed by atoms with Crippen LogP contribution in [0.2, 0.25) is 0 Å². The molecule has 5 heteroatoms. The number of hydrogen-bond donors (Lipinski definition) is 1. The Kier molecular flexibility index (Phi) is 35.0. The SMILES string of the molecule is CCCCCCCC/C=C/CCCCCCCCCCCC(=O)O[C@@H](CO)COC(=O)CCCCCCCCCCCCC. The molecule has 0 radical (unpaired) electrons. The van der Waals surface area contributed by atoms with E-state index in [9.17, 15) is 14.7 Å². The van der Waals surface area contributed by atoms with E-state index in [1.165, 1.54) is 141 Å². The number of unbranched alkanes of at least 4 members (excludes halogenated alkanes) is 25. The zero-order valence-corrected chi connectivity index (χ0v) is 29.4. The molecule has 1 atom stereocenters. The molecule has 0 aromatic rings. The molecule has 0 aliphatic rings. The van der Waals surface area contributed by atoms with Crippen molar-refractivity contribution in [3.63, 3.8) is 0 Å². The fourth-order valence-corrected chi connectivity index (χ4v) is 5.61. The minimum absolute atomic E-state index is 0.0609. The predicted molar refractivity (Wildman–Crippen MR) is 187 cm³/mol. The number of carbonyl (C=O) groups is 2. The third-order valence-electron chi connectivity index (χ3n) is 8.56. The van der Waals surface area contributed by atoms with E-state index < -0.39 is 6.10 Å². The van der Waals surface area contributed by atoms with Crippen LogP contribution in [0.1, 0.15) is 206 Å². The van der Waals surface area contributed by atoms with Gasteiger partial charge in [0, 0.05) is 12.8 Å². The highest BCUT2D eigenvalue weighted by atomic mass is 16.6. The first kappa shape index (κ1) is 42.6. The highest BCUT2D eigenvalue weighted by Gasteiger charge is 2.16. The summed E-state index contributed by atoms with van der Waals surface area (Å²) in [6.07, 6.45) is 39.8. The summed E-state index contributed by atoms with van der Waals surface area (Å²) in [6.45, 7) is 4.13. The van der Waals surface area contributed by atoms with Crippen molar-refractivity contribution in [1.29, 1.82) is 0 Å². The van der Waals surface area contributed by atoms with Crippen molar-refractivity contribution in [2.45, 2.75) is 213 Å². The van der Waals surface area contributed by atoms with E-state index in [0.717, 1.165) is 38.5 Å². The zero-order valence-electron chi connectivity index (χ0n) is 29.4. The number of aliphatic hydroxyl groups excluding tert-OH is 1. The topological polar surface area (TPSA) is 72.8 Å². The second-order valence-corrected chi connectivity index (χ2v) is 13.0. The number of esters is 2. The van der Waals surface area contributed by atoms with Gasteiger partial charge in [-0.15, -0.1) is 0 Å². The Hall–Kier alpha value is -1.36. The maximum Gasteiger partial charge on any atom is 0.306 e. The molecular formula is C39H74O5. The first-order valence-electron chi connectivity index (χ1n) is 19.2. The molecule has 0 rings (SSSR count). The molecule has 0 bridgehead atoms. The van der Waals surface area contributed by atoms with Gasteiger partial charge in [0.1, 0.15) is 6.61 Å². The minimum atomic E-state index is -0.764. The smallest absolute Gasteiger partial charge is 0.306 e. The second-order valence-electron chi connectivity index (χ2n) is 13.0. The molecule has 0 saturated heterocycles. The Morgan fingerprint density at radius 3 is 1.23 bits per heavy atom. The summed E-state index contributed by atoms with van der Waals surface area (Å²) in [4.78, 5) is 24.2. The van der Waals surface area contributed by atoms with E-state index in [4.69, 9.17) is 9.47 Å². The van der Waals surface area contributed by atoms with E-state index in [0.29, 0.717) is 12.8 Å². The molecule has 0 aliphatic carbocycles. The molecule has 0 aromatic heterocycles. The molecule has 0 heterocycles. The Balaban J connectivity index is 3.51. The summed E-state index contributed by atoms with van der Waals surface area (Å²) in [5, 5.41) is 9.53. The molecule has 0 spiro atoms. The third-order valence-corrected chi connectivity index (χ3v) is 8.56. The minimum Gasteiger partial charge on any atom is -0.462 e. The number of aliphatic hydroxyl groups is 1. The van der Waals surface area contributed by atoms with Gasteiger partial charge in [-0.25, -0.2) is 0 Å². The Bertz CT molecular complexity index is 632. The van der Waals surface area contributed by atoms with Gasteiger partial charge in [0.25, 0.3) is 0 Å². The first-order chi connectivity index (χ1) is 21.6. The summed E-state index contributed by atoms with van der Waals surface area (Å²) in [5.74, 6) is -0.586. The van der Waals surface area contributed by atoms with Crippen molar-refractivity contribution in [3.05, 3.63) is 12.2 Å². The Morgan fingerprint density at radius 2 is 0.841 bits per heavy atom. The lowest BCUT2D eigenvalue weighted by atomic mass is 10.1. The van der Waals surface area contributed by atoms with Crippen LogP contribution in [-0.4, -0.2) is 36.4 Å². The molecule has 260 valence electrons. The molecule has 0 saturated carbocycles. The predicted octanol–water partition coefficient (Wildman–Crippen LogP) is 11.7. The molecule has 1 N–H and O–H groups in total. The summed E-state index contributed by atoms with van der Waals surface area (Å²) >= 11 is 0. The van der Waals surface area contributed by atoms with Crippen LogP contribution in [-0.2, 0) is 19.1 Å². The number of rotatable bonds is 35. The standard InChI is InChI=1S/C39H74O5/c1-3-5-7-9-11-13-15-16-17-18-19-20-21-22-24-26-28-30-32-34-39(42)44-37(35-40)36-43-38(41)33-31-29-27-25-23-14-12-10-8-6-4-2/h16-17,37,40H,3-15,18-36H2,1-2H3/b17-16+/t37-/m0/s1. The van der Waals surface area contributed by atoms with Gasteiger partial charge in [-0.3, -0.25) is 9.59 Å². The molecule has 5 nitrogen and oxygen atoms in total. The summed E-state index contributed by atoms with van der Waals surface area (Å²) in [6, 6.07) is 0. The fourth-order valence-electron chi connectivity index (χ4n) is 5.61. The highest BCUT2D eigenvalue weighted by Crippen LogP contribution is 2.14. The van der Waals surface area contributed by atoms with Gasteiger partial charge < -0.3 is 14.6 Å². The van der Waals surface area contributed by atoms with Crippen molar-refractivity contribution in [2.24, 2.45) is 0 Å². The fraction of sp³-hybridized carbons (Fsp3) is 0.897. The van der Waals surface area contributed by atoms with Gasteiger partial charge in [0.05, 0.1) is 6.61 Å². The van der Waals surface area contributed by atoms with Crippen molar-refractivity contribution in [3.8, 4) is 0 Å². The quantitative estimate of drug-likeness (QED) is 0.0432. The van der Waals surface area contributed by atoms with Crippen molar-refractivity contribution < 1.29 is 24.2 Å². The molecule has 0 amide bonds. The second kappa shape index (κ2) is 36.1. The van der Waals surface area contributed by atoms with Crippen molar-refractivity contribution in [1.82, 2.24) is 0 Å².